The van der Waals surface area contributed by atoms with Crippen molar-refractivity contribution in [2.75, 3.05) is 32.7 Å². The van der Waals surface area contributed by atoms with Gasteiger partial charge in [-0.25, -0.2) is 12.8 Å². The first kappa shape index (κ1) is 24.2. The summed E-state index contributed by atoms with van der Waals surface area (Å²) >= 11 is 0. The van der Waals surface area contributed by atoms with Crippen LogP contribution >= 0.6 is 0 Å². The van der Waals surface area contributed by atoms with Crippen LogP contribution in [0.5, 0.6) is 23.0 Å². The standard InChI is InChI=1S/C24H26FNO6S/c1-16(19-15-18(29-2)11-13-21(19)30-3)26(17-10-12-22(31-4)23(14-17)32-5)33(27,28)24-9-7-6-8-20(24)25/h6-16H,1-5H3. The summed E-state index contributed by atoms with van der Waals surface area (Å²) in [5, 5.41) is 0. The lowest BCUT2D eigenvalue weighted by Crippen LogP contribution is -2.34. The van der Waals surface area contributed by atoms with E-state index in [1.165, 1.54) is 52.7 Å². The van der Waals surface area contributed by atoms with Gasteiger partial charge >= 0.3 is 0 Å². The largest absolute Gasteiger partial charge is 0.497 e. The van der Waals surface area contributed by atoms with E-state index in [2.05, 4.69) is 0 Å². The molecule has 0 aliphatic heterocycles. The molecule has 3 aromatic rings. The van der Waals surface area contributed by atoms with E-state index in [4.69, 9.17) is 18.9 Å². The third kappa shape index (κ3) is 4.68. The van der Waals surface area contributed by atoms with Crippen LogP contribution in [-0.4, -0.2) is 36.9 Å². The van der Waals surface area contributed by atoms with E-state index in [1.54, 1.807) is 37.3 Å². The summed E-state index contributed by atoms with van der Waals surface area (Å²) in [6.45, 7) is 1.69. The number of halogens is 1. The Bertz CT molecular complexity index is 1230. The van der Waals surface area contributed by atoms with Gasteiger partial charge in [0.25, 0.3) is 10.0 Å². The zero-order valence-electron chi connectivity index (χ0n) is 19.0. The normalized spacial score (nSPS) is 12.1. The highest BCUT2D eigenvalue weighted by molar-refractivity contribution is 7.92. The van der Waals surface area contributed by atoms with Crippen molar-refractivity contribution < 1.29 is 31.8 Å². The van der Waals surface area contributed by atoms with E-state index in [1.807, 2.05) is 0 Å². The van der Waals surface area contributed by atoms with E-state index in [9.17, 15) is 12.8 Å². The van der Waals surface area contributed by atoms with Gasteiger partial charge in [-0.2, -0.15) is 0 Å². The molecule has 33 heavy (non-hydrogen) atoms. The van der Waals surface area contributed by atoms with Gasteiger partial charge in [-0.15, -0.1) is 0 Å². The number of benzene rings is 3. The maximum absolute atomic E-state index is 14.7. The van der Waals surface area contributed by atoms with Gasteiger partial charge in [0, 0.05) is 11.6 Å². The molecule has 7 nitrogen and oxygen atoms in total. The van der Waals surface area contributed by atoms with E-state index in [0.717, 1.165) is 10.4 Å². The Balaban J connectivity index is 2.28. The predicted molar refractivity (Wildman–Crippen MR) is 124 cm³/mol. The van der Waals surface area contributed by atoms with E-state index >= 15 is 0 Å². The number of nitrogens with zero attached hydrogens (tertiary/aromatic N) is 1. The van der Waals surface area contributed by atoms with Gasteiger partial charge in [0.15, 0.2) is 11.5 Å². The van der Waals surface area contributed by atoms with Crippen LogP contribution in [0.25, 0.3) is 0 Å². The number of methoxy groups -OCH3 is 4. The molecule has 3 rings (SSSR count). The van der Waals surface area contributed by atoms with E-state index < -0.39 is 26.8 Å². The zero-order valence-corrected chi connectivity index (χ0v) is 19.9. The molecule has 0 spiro atoms. The summed E-state index contributed by atoms with van der Waals surface area (Å²) in [7, 11) is 1.58. The predicted octanol–water partition coefficient (Wildman–Crippen LogP) is 4.82. The van der Waals surface area contributed by atoms with Crippen molar-refractivity contribution in [1.82, 2.24) is 0 Å². The van der Waals surface area contributed by atoms with Gasteiger partial charge in [0.1, 0.15) is 22.2 Å². The fourth-order valence-electron chi connectivity index (χ4n) is 3.58. The van der Waals surface area contributed by atoms with Crippen molar-refractivity contribution in [3.63, 3.8) is 0 Å². The molecular weight excluding hydrogens is 449 g/mol. The SMILES string of the molecule is COc1ccc(OC)c(C(C)N(c2ccc(OC)c(OC)c2)S(=O)(=O)c2ccccc2F)c1. The number of anilines is 1. The highest BCUT2D eigenvalue weighted by atomic mass is 32.2. The molecule has 0 aliphatic rings. The molecule has 0 fully saturated rings. The van der Waals surface area contributed by atoms with Crippen molar-refractivity contribution >= 4 is 15.7 Å². The van der Waals surface area contributed by atoms with Crippen molar-refractivity contribution in [2.45, 2.75) is 17.9 Å². The van der Waals surface area contributed by atoms with Crippen LogP contribution in [0.1, 0.15) is 18.5 Å². The molecule has 0 saturated carbocycles. The monoisotopic (exact) mass is 475 g/mol. The molecule has 3 aromatic carbocycles. The summed E-state index contributed by atoms with van der Waals surface area (Å²) < 4.78 is 64.9. The van der Waals surface area contributed by atoms with Gasteiger partial charge in [-0.3, -0.25) is 4.31 Å². The molecule has 0 heterocycles. The maximum Gasteiger partial charge on any atom is 0.267 e. The Labute approximate surface area is 193 Å². The minimum absolute atomic E-state index is 0.258. The zero-order chi connectivity index (χ0) is 24.2. The first-order valence-electron chi connectivity index (χ1n) is 10.0. The summed E-state index contributed by atoms with van der Waals surface area (Å²) in [6, 6.07) is 14.2. The topological polar surface area (TPSA) is 74.3 Å². The van der Waals surface area contributed by atoms with Crippen molar-refractivity contribution in [2.24, 2.45) is 0 Å². The van der Waals surface area contributed by atoms with Gasteiger partial charge in [0.05, 0.1) is 40.2 Å². The van der Waals surface area contributed by atoms with E-state index in [0.29, 0.717) is 28.6 Å². The number of sulfonamides is 1. The lowest BCUT2D eigenvalue weighted by Gasteiger charge is -2.32. The number of rotatable bonds is 9. The molecule has 0 N–H and O–H groups in total. The average molecular weight is 476 g/mol. The first-order valence-corrected chi connectivity index (χ1v) is 11.4. The minimum atomic E-state index is -4.36. The molecule has 0 amide bonds. The van der Waals surface area contributed by atoms with Crippen LogP contribution in [0.3, 0.4) is 0 Å². The molecule has 176 valence electrons. The van der Waals surface area contributed by atoms with Gasteiger partial charge in [-0.05, 0) is 49.4 Å². The lowest BCUT2D eigenvalue weighted by atomic mass is 10.1. The van der Waals surface area contributed by atoms with Gasteiger partial charge in [-0.1, -0.05) is 12.1 Å². The maximum atomic E-state index is 14.7. The third-order valence-corrected chi connectivity index (χ3v) is 7.17. The highest BCUT2D eigenvalue weighted by Gasteiger charge is 2.34. The Hall–Kier alpha value is -3.46. The Kier molecular flexibility index (Phi) is 7.33. The molecule has 0 aliphatic carbocycles. The average Bonchev–Trinajstić information content (AvgIpc) is 2.83. The quantitative estimate of drug-likeness (QED) is 0.442. The summed E-state index contributed by atoms with van der Waals surface area (Å²) in [5.41, 5.74) is 0.792. The van der Waals surface area contributed by atoms with Crippen LogP contribution < -0.4 is 23.3 Å². The first-order chi connectivity index (χ1) is 15.8. The molecule has 0 bridgehead atoms. The number of hydrogen-bond acceptors (Lipinski definition) is 6. The molecule has 0 aromatic heterocycles. The fourth-order valence-corrected chi connectivity index (χ4v) is 5.28. The smallest absolute Gasteiger partial charge is 0.267 e. The number of ether oxygens (including phenoxy) is 4. The molecular formula is C24H26FNO6S. The van der Waals surface area contributed by atoms with Crippen molar-refractivity contribution in [3.8, 4) is 23.0 Å². The second-order valence-corrected chi connectivity index (χ2v) is 8.84. The molecule has 1 atom stereocenters. The van der Waals surface area contributed by atoms with Crippen LogP contribution in [0.4, 0.5) is 10.1 Å². The third-order valence-electron chi connectivity index (χ3n) is 5.23. The van der Waals surface area contributed by atoms with Crippen LogP contribution in [0.15, 0.2) is 65.6 Å². The Morgan fingerprint density at radius 1 is 0.788 bits per heavy atom. The second kappa shape index (κ2) is 9.99. The second-order valence-electron chi connectivity index (χ2n) is 7.05. The molecule has 0 radical (unpaired) electrons. The highest BCUT2D eigenvalue weighted by Crippen LogP contribution is 2.41. The molecule has 1 unspecified atom stereocenters. The summed E-state index contributed by atoms with van der Waals surface area (Å²) in [6.07, 6.45) is 0. The summed E-state index contributed by atoms with van der Waals surface area (Å²) in [4.78, 5) is -0.450. The van der Waals surface area contributed by atoms with Gasteiger partial charge < -0.3 is 18.9 Å². The van der Waals surface area contributed by atoms with Crippen LogP contribution in [0, 0.1) is 5.82 Å². The van der Waals surface area contributed by atoms with Gasteiger partial charge in [0.2, 0.25) is 0 Å². The Morgan fingerprint density at radius 3 is 2.03 bits per heavy atom. The number of hydrogen-bond donors (Lipinski definition) is 0. The van der Waals surface area contributed by atoms with Crippen LogP contribution in [-0.2, 0) is 10.0 Å². The fraction of sp³-hybridized carbons (Fsp3) is 0.250. The minimum Gasteiger partial charge on any atom is -0.497 e. The van der Waals surface area contributed by atoms with E-state index in [-0.39, 0.29) is 5.69 Å². The van der Waals surface area contributed by atoms with Crippen molar-refractivity contribution in [3.05, 3.63) is 72.0 Å². The lowest BCUT2D eigenvalue weighted by molar-refractivity contribution is 0.355. The molecule has 9 heteroatoms. The van der Waals surface area contributed by atoms with Crippen molar-refractivity contribution in [1.29, 1.82) is 0 Å². The summed E-state index contributed by atoms with van der Waals surface area (Å²) in [5.74, 6) is 0.878. The van der Waals surface area contributed by atoms with Crippen LogP contribution in [0.2, 0.25) is 0 Å². The Morgan fingerprint density at radius 2 is 1.42 bits per heavy atom. The molecule has 0 saturated heterocycles.